The minimum absolute atomic E-state index is 0.0353. The lowest BCUT2D eigenvalue weighted by atomic mass is 10.2. The molecule has 4 nitrogen and oxygen atoms in total. The summed E-state index contributed by atoms with van der Waals surface area (Å²) in [7, 11) is 0. The Balaban J connectivity index is 1.86. The topological polar surface area (TPSA) is 50.4 Å². The van der Waals surface area contributed by atoms with Crippen LogP contribution in [0.1, 0.15) is 18.2 Å². The molecule has 0 aliphatic heterocycles. The van der Waals surface area contributed by atoms with Crippen LogP contribution in [-0.4, -0.2) is 19.7 Å². The highest BCUT2D eigenvalue weighted by Crippen LogP contribution is 2.27. The smallest absolute Gasteiger partial charge is 0.216 e. The summed E-state index contributed by atoms with van der Waals surface area (Å²) in [6, 6.07) is 7.32. The summed E-state index contributed by atoms with van der Waals surface area (Å²) in [5.41, 5.74) is 1.61. The molecule has 0 saturated heterocycles. The molecule has 114 valence electrons. The van der Waals surface area contributed by atoms with E-state index in [4.69, 9.17) is 0 Å². The van der Waals surface area contributed by atoms with Crippen LogP contribution in [0.2, 0.25) is 0 Å². The van der Waals surface area contributed by atoms with Gasteiger partial charge in [0.05, 0.1) is 5.69 Å². The molecule has 22 heavy (non-hydrogen) atoms. The zero-order chi connectivity index (χ0) is 15.7. The molecular formula is C15H13F2N3OS. The first-order valence-corrected chi connectivity index (χ1v) is 7.71. The fourth-order valence-electron chi connectivity index (χ4n) is 2.04. The van der Waals surface area contributed by atoms with Crippen molar-refractivity contribution in [2.24, 2.45) is 0 Å². The summed E-state index contributed by atoms with van der Waals surface area (Å²) >= 11 is 1.22. The van der Waals surface area contributed by atoms with Gasteiger partial charge in [0.25, 0.3) is 0 Å². The Labute approximate surface area is 129 Å². The molecule has 0 fully saturated rings. The highest BCUT2D eigenvalue weighted by molar-refractivity contribution is 7.98. The average Bonchev–Trinajstić information content (AvgIpc) is 2.92. The van der Waals surface area contributed by atoms with Crippen LogP contribution in [-0.2, 0) is 12.2 Å². The molecule has 7 heteroatoms. The average molecular weight is 321 g/mol. The van der Waals surface area contributed by atoms with Crippen molar-refractivity contribution < 1.29 is 13.9 Å². The summed E-state index contributed by atoms with van der Waals surface area (Å²) in [5, 5.41) is 14.7. The van der Waals surface area contributed by atoms with Crippen molar-refractivity contribution in [3.63, 3.8) is 0 Å². The monoisotopic (exact) mass is 321 g/mol. The van der Waals surface area contributed by atoms with E-state index in [-0.39, 0.29) is 17.2 Å². The highest BCUT2D eigenvalue weighted by Gasteiger charge is 2.11. The minimum Gasteiger partial charge on any atom is -0.493 e. The molecule has 1 N–H and O–H groups in total. The van der Waals surface area contributed by atoms with Crippen LogP contribution in [0.25, 0.3) is 5.65 Å². The molecule has 2 aromatic heterocycles. The molecular weight excluding hydrogens is 308 g/mol. The number of thioether (sulfide) groups is 1. The Bertz CT molecular complexity index is 835. The normalized spacial score (nSPS) is 11.2. The third-order valence-electron chi connectivity index (χ3n) is 3.20. The Morgan fingerprint density at radius 3 is 2.86 bits per heavy atom. The van der Waals surface area contributed by atoms with Gasteiger partial charge in [-0.3, -0.25) is 0 Å². The van der Waals surface area contributed by atoms with Gasteiger partial charge in [-0.25, -0.2) is 13.8 Å². The van der Waals surface area contributed by atoms with Gasteiger partial charge in [0, 0.05) is 23.4 Å². The number of hydrogen-bond acceptors (Lipinski definition) is 4. The molecule has 0 atom stereocenters. The van der Waals surface area contributed by atoms with E-state index in [9.17, 15) is 13.9 Å². The van der Waals surface area contributed by atoms with Gasteiger partial charge in [0.15, 0.2) is 17.3 Å². The van der Waals surface area contributed by atoms with E-state index < -0.39 is 11.6 Å². The first-order valence-electron chi connectivity index (χ1n) is 6.73. The summed E-state index contributed by atoms with van der Waals surface area (Å²) in [5.74, 6) is -1.53. The Morgan fingerprint density at radius 2 is 2.09 bits per heavy atom. The first kappa shape index (κ1) is 14.8. The van der Waals surface area contributed by atoms with Crippen LogP contribution in [0.4, 0.5) is 8.78 Å². The van der Waals surface area contributed by atoms with E-state index in [1.807, 2.05) is 6.92 Å². The maximum Gasteiger partial charge on any atom is 0.216 e. The second-order valence-electron chi connectivity index (χ2n) is 4.71. The van der Waals surface area contributed by atoms with Crippen LogP contribution >= 0.6 is 11.8 Å². The zero-order valence-corrected chi connectivity index (χ0v) is 12.6. The molecule has 0 spiro atoms. The molecule has 3 rings (SSSR count). The third-order valence-corrected chi connectivity index (χ3v) is 4.17. The largest absolute Gasteiger partial charge is 0.493 e. The Morgan fingerprint density at radius 1 is 1.27 bits per heavy atom. The number of rotatable bonds is 4. The van der Waals surface area contributed by atoms with Gasteiger partial charge in [-0.1, -0.05) is 19.1 Å². The first-order chi connectivity index (χ1) is 10.6. The van der Waals surface area contributed by atoms with Gasteiger partial charge < -0.3 is 5.11 Å². The van der Waals surface area contributed by atoms with Gasteiger partial charge in [-0.05, 0) is 12.5 Å². The number of aromatic nitrogens is 3. The number of nitrogens with zero attached hydrogens (tertiary/aromatic N) is 3. The van der Waals surface area contributed by atoms with E-state index in [2.05, 4.69) is 10.1 Å². The fraction of sp³-hybridized carbons (Fsp3) is 0.200. The van der Waals surface area contributed by atoms with Crippen molar-refractivity contribution in [2.75, 3.05) is 0 Å². The quantitative estimate of drug-likeness (QED) is 0.589. The predicted octanol–water partition coefficient (Wildman–Crippen LogP) is 3.57. The van der Waals surface area contributed by atoms with E-state index in [1.165, 1.54) is 34.5 Å². The number of benzene rings is 1. The molecule has 1 aromatic carbocycles. The number of aromatic hydroxyl groups is 1. The van der Waals surface area contributed by atoms with Crippen molar-refractivity contribution >= 4 is 17.4 Å². The van der Waals surface area contributed by atoms with Gasteiger partial charge in [-0.15, -0.1) is 11.8 Å². The maximum atomic E-state index is 13.6. The van der Waals surface area contributed by atoms with Crippen LogP contribution in [0.5, 0.6) is 5.88 Å². The van der Waals surface area contributed by atoms with Crippen molar-refractivity contribution in [2.45, 2.75) is 24.1 Å². The van der Waals surface area contributed by atoms with Gasteiger partial charge in [0.2, 0.25) is 5.88 Å². The summed E-state index contributed by atoms with van der Waals surface area (Å²) in [6.45, 7) is 1.96. The number of halogens is 2. The van der Waals surface area contributed by atoms with Gasteiger partial charge in [0.1, 0.15) is 5.03 Å². The van der Waals surface area contributed by atoms with Crippen molar-refractivity contribution in [3.8, 4) is 5.88 Å². The lowest BCUT2D eigenvalue weighted by Crippen LogP contribution is -1.95. The molecule has 0 bridgehead atoms. The summed E-state index contributed by atoms with van der Waals surface area (Å²) < 4.78 is 28.1. The lowest BCUT2D eigenvalue weighted by Gasteiger charge is -2.05. The van der Waals surface area contributed by atoms with Crippen molar-refractivity contribution in [3.05, 3.63) is 53.2 Å². The number of fused-ring (bicyclic) bond motifs is 1. The highest BCUT2D eigenvalue weighted by atomic mass is 32.2. The van der Waals surface area contributed by atoms with Crippen LogP contribution in [0.15, 0.2) is 35.4 Å². The molecule has 3 aromatic rings. The standard InChI is InChI=1S/C15H13F2N3OS/c1-2-10-6-12-18-13(7-14(21)20(12)19-10)22-8-9-4-3-5-11(16)15(9)17/h3-7,21H,2,8H2,1H3. The molecule has 0 aliphatic rings. The Hall–Kier alpha value is -2.15. The molecule has 0 radical (unpaired) electrons. The molecule has 0 saturated carbocycles. The van der Waals surface area contributed by atoms with E-state index in [0.29, 0.717) is 10.7 Å². The second-order valence-corrected chi connectivity index (χ2v) is 5.71. The zero-order valence-electron chi connectivity index (χ0n) is 11.8. The third kappa shape index (κ3) is 2.76. The molecule has 0 amide bonds. The Kier molecular flexibility index (Phi) is 3.98. The predicted molar refractivity (Wildman–Crippen MR) is 79.9 cm³/mol. The second kappa shape index (κ2) is 5.92. The van der Waals surface area contributed by atoms with Crippen LogP contribution in [0.3, 0.4) is 0 Å². The summed E-state index contributed by atoms with van der Waals surface area (Å²) in [6.07, 6.45) is 0.736. The van der Waals surface area contributed by atoms with E-state index in [1.54, 1.807) is 6.07 Å². The van der Waals surface area contributed by atoms with Crippen molar-refractivity contribution in [1.82, 2.24) is 14.6 Å². The molecule has 0 unspecified atom stereocenters. The van der Waals surface area contributed by atoms with E-state index in [0.717, 1.165) is 18.2 Å². The van der Waals surface area contributed by atoms with Gasteiger partial charge in [-0.2, -0.15) is 9.61 Å². The maximum absolute atomic E-state index is 13.6. The number of hydrogen-bond donors (Lipinski definition) is 1. The lowest BCUT2D eigenvalue weighted by molar-refractivity contribution is 0.432. The van der Waals surface area contributed by atoms with Crippen LogP contribution < -0.4 is 0 Å². The molecule has 0 aliphatic carbocycles. The molecule has 2 heterocycles. The number of aryl methyl sites for hydroxylation is 1. The van der Waals surface area contributed by atoms with Crippen LogP contribution in [0, 0.1) is 11.6 Å². The SMILES string of the molecule is CCc1cc2nc(SCc3cccc(F)c3F)cc(O)n2n1. The van der Waals surface area contributed by atoms with E-state index >= 15 is 0 Å². The van der Waals surface area contributed by atoms with Gasteiger partial charge >= 0.3 is 0 Å². The minimum atomic E-state index is -0.868. The fourth-order valence-corrected chi connectivity index (χ4v) is 2.92. The van der Waals surface area contributed by atoms with Crippen molar-refractivity contribution in [1.29, 1.82) is 0 Å². The summed E-state index contributed by atoms with van der Waals surface area (Å²) in [4.78, 5) is 4.36.